The van der Waals surface area contributed by atoms with Gasteiger partial charge in [-0.2, -0.15) is 13.2 Å². The zero-order valence-corrected chi connectivity index (χ0v) is 14.5. The van der Waals surface area contributed by atoms with E-state index in [-0.39, 0.29) is 35.5 Å². The maximum Gasteiger partial charge on any atom is 0.405 e. The predicted molar refractivity (Wildman–Crippen MR) is 96.0 cm³/mol. The van der Waals surface area contributed by atoms with Crippen molar-refractivity contribution in [3.63, 3.8) is 0 Å². The number of nitrogens with one attached hydrogen (secondary N) is 2. The molecule has 6 nitrogen and oxygen atoms in total. The Morgan fingerprint density at radius 2 is 1.43 bits per heavy atom. The Morgan fingerprint density at radius 3 is 2.00 bits per heavy atom. The van der Waals surface area contributed by atoms with Gasteiger partial charge in [0.1, 0.15) is 6.54 Å². The molecule has 9 heteroatoms. The summed E-state index contributed by atoms with van der Waals surface area (Å²) in [7, 11) is 0. The number of para-hydroxylation sites is 2. The fourth-order valence-corrected chi connectivity index (χ4v) is 2.81. The molecule has 28 heavy (non-hydrogen) atoms. The number of fused-ring (bicyclic) bond motifs is 1. The average Bonchev–Trinajstić information content (AvgIpc) is 2.89. The van der Waals surface area contributed by atoms with Crippen molar-refractivity contribution in [3.05, 3.63) is 59.7 Å². The number of nitrogens with zero attached hydrogens (tertiary/aromatic N) is 1. The van der Waals surface area contributed by atoms with Crippen LogP contribution >= 0.6 is 0 Å². The normalized spacial score (nSPS) is 13.5. The Labute approximate surface area is 158 Å². The van der Waals surface area contributed by atoms with Gasteiger partial charge in [0.2, 0.25) is 5.91 Å². The third-order valence-corrected chi connectivity index (χ3v) is 4.12. The lowest BCUT2D eigenvalue weighted by atomic mass is 10.1. The zero-order valence-electron chi connectivity index (χ0n) is 14.5. The topological polar surface area (TPSA) is 78.5 Å². The first kappa shape index (κ1) is 19.4. The Kier molecular flexibility index (Phi) is 5.34. The number of benzene rings is 2. The maximum atomic E-state index is 12.4. The van der Waals surface area contributed by atoms with Crippen molar-refractivity contribution in [2.45, 2.75) is 12.6 Å². The average molecular weight is 391 g/mol. The van der Waals surface area contributed by atoms with E-state index in [1.165, 1.54) is 30.3 Å². The molecule has 0 aromatic heterocycles. The summed E-state index contributed by atoms with van der Waals surface area (Å²) in [5.74, 6) is -1.47. The molecule has 0 saturated carbocycles. The van der Waals surface area contributed by atoms with E-state index in [1.807, 2.05) is 0 Å². The van der Waals surface area contributed by atoms with Crippen LogP contribution in [0.3, 0.4) is 0 Å². The Morgan fingerprint density at radius 1 is 0.893 bits per heavy atom. The minimum atomic E-state index is -4.40. The fourth-order valence-electron chi connectivity index (χ4n) is 2.81. The van der Waals surface area contributed by atoms with E-state index in [1.54, 1.807) is 18.2 Å². The summed E-state index contributed by atoms with van der Waals surface area (Å²) < 4.78 is 37.2. The van der Waals surface area contributed by atoms with E-state index in [0.29, 0.717) is 0 Å². The van der Waals surface area contributed by atoms with Gasteiger partial charge in [-0.3, -0.25) is 19.3 Å². The van der Waals surface area contributed by atoms with E-state index < -0.39 is 30.4 Å². The first-order valence-electron chi connectivity index (χ1n) is 8.41. The molecule has 0 aliphatic carbocycles. The molecule has 2 N–H and O–H groups in total. The number of halogens is 3. The first-order valence-corrected chi connectivity index (χ1v) is 8.41. The van der Waals surface area contributed by atoms with Crippen molar-refractivity contribution in [1.82, 2.24) is 4.90 Å². The van der Waals surface area contributed by atoms with Crippen molar-refractivity contribution in [1.29, 1.82) is 0 Å². The van der Waals surface area contributed by atoms with Gasteiger partial charge < -0.3 is 10.6 Å². The SMILES string of the molecule is O=C(CCN1C(=O)c2ccccc2C1=O)Nc1ccccc1NCC(F)(F)F. The highest BCUT2D eigenvalue weighted by Crippen LogP contribution is 2.25. The van der Waals surface area contributed by atoms with Crippen molar-refractivity contribution in [3.8, 4) is 0 Å². The van der Waals surface area contributed by atoms with Crippen molar-refractivity contribution >= 4 is 29.1 Å². The molecule has 0 atom stereocenters. The second kappa shape index (κ2) is 7.71. The molecular formula is C19H16F3N3O3. The number of anilines is 2. The van der Waals surface area contributed by atoms with Gasteiger partial charge in [0.25, 0.3) is 11.8 Å². The minimum Gasteiger partial charge on any atom is -0.375 e. The fraction of sp³-hybridized carbons (Fsp3) is 0.211. The van der Waals surface area contributed by atoms with Crippen LogP contribution in [0, 0.1) is 0 Å². The highest BCUT2D eigenvalue weighted by molar-refractivity contribution is 6.21. The zero-order chi connectivity index (χ0) is 20.3. The first-order chi connectivity index (χ1) is 13.3. The lowest BCUT2D eigenvalue weighted by Crippen LogP contribution is -2.33. The van der Waals surface area contributed by atoms with Crippen LogP contribution < -0.4 is 10.6 Å². The van der Waals surface area contributed by atoms with E-state index in [0.717, 1.165) is 4.90 Å². The quantitative estimate of drug-likeness (QED) is 0.741. The number of hydrogen-bond donors (Lipinski definition) is 2. The van der Waals surface area contributed by atoms with Crippen molar-refractivity contribution < 1.29 is 27.6 Å². The summed E-state index contributed by atoms with van der Waals surface area (Å²) in [5.41, 5.74) is 0.872. The van der Waals surface area contributed by atoms with E-state index in [4.69, 9.17) is 0 Å². The molecule has 0 saturated heterocycles. The predicted octanol–water partition coefficient (Wildman–Crippen LogP) is 3.29. The van der Waals surface area contributed by atoms with Gasteiger partial charge in [0.15, 0.2) is 0 Å². The third-order valence-electron chi connectivity index (χ3n) is 4.12. The van der Waals surface area contributed by atoms with Gasteiger partial charge in [-0.05, 0) is 24.3 Å². The van der Waals surface area contributed by atoms with E-state index in [9.17, 15) is 27.6 Å². The lowest BCUT2D eigenvalue weighted by molar-refractivity contribution is -0.116. The molecule has 1 heterocycles. The van der Waals surface area contributed by atoms with Crippen molar-refractivity contribution in [2.75, 3.05) is 23.7 Å². The van der Waals surface area contributed by atoms with Crippen LogP contribution in [0.2, 0.25) is 0 Å². The van der Waals surface area contributed by atoms with Crippen LogP contribution in [-0.2, 0) is 4.79 Å². The summed E-state index contributed by atoms with van der Waals surface area (Å²) in [5, 5.41) is 4.73. The molecule has 2 aromatic carbocycles. The summed E-state index contributed by atoms with van der Waals surface area (Å²) in [6.07, 6.45) is -4.58. The number of carbonyl (C=O) groups excluding carboxylic acids is 3. The molecule has 1 aliphatic rings. The molecule has 1 aliphatic heterocycles. The molecule has 0 radical (unpaired) electrons. The molecule has 0 bridgehead atoms. The van der Waals surface area contributed by atoms with Gasteiger partial charge in [-0.15, -0.1) is 0 Å². The smallest absolute Gasteiger partial charge is 0.375 e. The number of imide groups is 1. The molecule has 2 aromatic rings. The molecule has 0 unspecified atom stereocenters. The number of hydrogen-bond acceptors (Lipinski definition) is 4. The van der Waals surface area contributed by atoms with Crippen LogP contribution in [0.1, 0.15) is 27.1 Å². The van der Waals surface area contributed by atoms with Gasteiger partial charge in [0, 0.05) is 13.0 Å². The summed E-state index contributed by atoms with van der Waals surface area (Å²) in [6.45, 7) is -1.37. The van der Waals surface area contributed by atoms with Crippen LogP contribution in [0.25, 0.3) is 0 Å². The third kappa shape index (κ3) is 4.30. The summed E-state index contributed by atoms with van der Waals surface area (Å²) >= 11 is 0. The standard InChI is InChI=1S/C19H16F3N3O3/c20-19(21,22)11-23-14-7-3-4-8-15(14)24-16(26)9-10-25-17(27)12-5-1-2-6-13(12)18(25)28/h1-8,23H,9-11H2,(H,24,26). The summed E-state index contributed by atoms with van der Waals surface area (Å²) in [4.78, 5) is 37.7. The molecule has 146 valence electrons. The van der Waals surface area contributed by atoms with Crippen LogP contribution in [0.4, 0.5) is 24.5 Å². The van der Waals surface area contributed by atoms with Crippen molar-refractivity contribution in [2.24, 2.45) is 0 Å². The highest BCUT2D eigenvalue weighted by Gasteiger charge is 2.35. The van der Waals surface area contributed by atoms with Crippen LogP contribution in [0.15, 0.2) is 48.5 Å². The molecule has 3 rings (SSSR count). The lowest BCUT2D eigenvalue weighted by Gasteiger charge is -2.16. The number of rotatable bonds is 6. The number of amides is 3. The van der Waals surface area contributed by atoms with Gasteiger partial charge in [-0.1, -0.05) is 24.3 Å². The van der Waals surface area contributed by atoms with E-state index >= 15 is 0 Å². The molecule has 0 fully saturated rings. The molecule has 3 amide bonds. The van der Waals surface area contributed by atoms with Gasteiger partial charge in [0.05, 0.1) is 22.5 Å². The largest absolute Gasteiger partial charge is 0.405 e. The second-order valence-electron chi connectivity index (χ2n) is 6.12. The molecular weight excluding hydrogens is 375 g/mol. The van der Waals surface area contributed by atoms with Gasteiger partial charge in [-0.25, -0.2) is 0 Å². The van der Waals surface area contributed by atoms with Crippen LogP contribution in [-0.4, -0.2) is 41.9 Å². The molecule has 0 spiro atoms. The summed E-state index contributed by atoms with van der Waals surface area (Å²) in [6, 6.07) is 12.3. The number of carbonyl (C=O) groups is 3. The minimum absolute atomic E-state index is 0.119. The number of alkyl halides is 3. The Hall–Kier alpha value is -3.36. The van der Waals surface area contributed by atoms with Crippen LogP contribution in [0.5, 0.6) is 0 Å². The Bertz CT molecular complexity index is 893. The van der Waals surface area contributed by atoms with Gasteiger partial charge >= 0.3 is 6.18 Å². The second-order valence-corrected chi connectivity index (χ2v) is 6.12. The Balaban J connectivity index is 1.60. The maximum absolute atomic E-state index is 12.4. The monoisotopic (exact) mass is 391 g/mol. The highest BCUT2D eigenvalue weighted by atomic mass is 19.4. The van der Waals surface area contributed by atoms with E-state index in [2.05, 4.69) is 10.6 Å².